The molecule has 1 atom stereocenters. The molecule has 0 aliphatic carbocycles. The Hall–Kier alpha value is -3.28. The van der Waals surface area contributed by atoms with Crippen molar-refractivity contribution >= 4 is 42.5 Å². The van der Waals surface area contributed by atoms with Gasteiger partial charge < -0.3 is 19.6 Å². The van der Waals surface area contributed by atoms with Crippen LogP contribution in [-0.2, 0) is 22.7 Å². The molecule has 1 unspecified atom stereocenters. The van der Waals surface area contributed by atoms with Gasteiger partial charge in [-0.25, -0.2) is 9.18 Å². The molecule has 6 nitrogen and oxygen atoms in total. The van der Waals surface area contributed by atoms with E-state index in [0.717, 1.165) is 16.7 Å². The number of carbonyl (C=O) groups is 2. The molecule has 1 amide bonds. The molecule has 1 aromatic heterocycles. The van der Waals surface area contributed by atoms with Gasteiger partial charge >= 0.3 is 24.8 Å². The van der Waals surface area contributed by atoms with Gasteiger partial charge in [0.15, 0.2) is 0 Å². The average molecular weight is 556 g/mol. The van der Waals surface area contributed by atoms with E-state index in [1.807, 2.05) is 43.5 Å². The van der Waals surface area contributed by atoms with E-state index in [2.05, 4.69) is 5.32 Å². The van der Waals surface area contributed by atoms with Gasteiger partial charge in [-0.3, -0.25) is 4.79 Å². The van der Waals surface area contributed by atoms with Gasteiger partial charge in [-0.05, 0) is 84.0 Å². The first-order valence-electron chi connectivity index (χ1n) is 12.5. The third-order valence-corrected chi connectivity index (χ3v) is 6.91. The van der Waals surface area contributed by atoms with Crippen LogP contribution in [0.2, 0.25) is 0 Å². The van der Waals surface area contributed by atoms with Crippen LogP contribution < -0.4 is 5.32 Å². The molecule has 0 saturated heterocycles. The molecule has 0 bridgehead atoms. The summed E-state index contributed by atoms with van der Waals surface area (Å²) in [7, 11) is 0. The van der Waals surface area contributed by atoms with Crippen molar-refractivity contribution in [2.24, 2.45) is 0 Å². The predicted octanol–water partition coefficient (Wildman–Crippen LogP) is 6.07. The molecule has 0 fully saturated rings. The number of benzene rings is 3. The van der Waals surface area contributed by atoms with Crippen molar-refractivity contribution in [3.05, 3.63) is 107 Å². The van der Waals surface area contributed by atoms with Crippen LogP contribution in [0.25, 0.3) is 22.5 Å². The van der Waals surface area contributed by atoms with E-state index in [4.69, 9.17) is 9.15 Å². The van der Waals surface area contributed by atoms with E-state index >= 15 is 0 Å². The SMILES string of the molecule is CSCCC(NC(=O)c1ccc(COCc2ccc(-c3cccc(F)c3)o2)cc1-c1ccccc1C)C(=O)O.[LiH]. The molecule has 40 heavy (non-hydrogen) atoms. The Labute approximate surface area is 249 Å². The number of aryl methyl sites for hydroxylation is 1. The van der Waals surface area contributed by atoms with E-state index in [9.17, 15) is 19.1 Å². The first-order valence-corrected chi connectivity index (χ1v) is 13.9. The molecule has 2 N–H and O–H groups in total. The van der Waals surface area contributed by atoms with Crippen LogP contribution in [0.1, 0.15) is 33.7 Å². The number of halogens is 1. The number of hydrogen-bond donors (Lipinski definition) is 2. The molecule has 1 heterocycles. The van der Waals surface area contributed by atoms with Crippen molar-refractivity contribution in [3.63, 3.8) is 0 Å². The van der Waals surface area contributed by atoms with Crippen molar-refractivity contribution in [2.75, 3.05) is 12.0 Å². The summed E-state index contributed by atoms with van der Waals surface area (Å²) in [6.45, 7) is 2.45. The van der Waals surface area contributed by atoms with Crippen molar-refractivity contribution in [3.8, 4) is 22.5 Å². The van der Waals surface area contributed by atoms with Crippen LogP contribution >= 0.6 is 11.8 Å². The first-order chi connectivity index (χ1) is 18.9. The molecule has 0 aliphatic rings. The maximum absolute atomic E-state index is 13.5. The molecular formula is C31H31FLiNO5S. The summed E-state index contributed by atoms with van der Waals surface area (Å²) in [5.74, 6) is -0.0380. The maximum atomic E-state index is 13.5. The quantitative estimate of drug-likeness (QED) is 0.207. The van der Waals surface area contributed by atoms with Crippen molar-refractivity contribution in [1.29, 1.82) is 0 Å². The molecule has 4 rings (SSSR count). The molecular weight excluding hydrogens is 524 g/mol. The number of amides is 1. The van der Waals surface area contributed by atoms with Gasteiger partial charge in [-0.15, -0.1) is 0 Å². The van der Waals surface area contributed by atoms with Crippen LogP contribution in [-0.4, -0.2) is 53.9 Å². The first kappa shape index (κ1) is 31.2. The van der Waals surface area contributed by atoms with E-state index < -0.39 is 17.9 Å². The number of carboxylic acid groups (broad SMARTS) is 1. The van der Waals surface area contributed by atoms with Crippen molar-refractivity contribution in [2.45, 2.75) is 32.6 Å². The summed E-state index contributed by atoms with van der Waals surface area (Å²) in [4.78, 5) is 24.9. The Morgan fingerprint density at radius 2 is 1.80 bits per heavy atom. The Morgan fingerprint density at radius 1 is 1.00 bits per heavy atom. The van der Waals surface area contributed by atoms with Gasteiger partial charge in [-0.1, -0.05) is 42.5 Å². The number of thioether (sulfide) groups is 1. The van der Waals surface area contributed by atoms with Crippen LogP contribution in [0.3, 0.4) is 0 Å². The number of aliphatic carboxylic acids is 1. The fourth-order valence-corrected chi connectivity index (χ4v) is 4.70. The zero-order chi connectivity index (χ0) is 27.8. The molecule has 0 saturated carbocycles. The minimum atomic E-state index is -1.06. The summed E-state index contributed by atoms with van der Waals surface area (Å²) in [6.07, 6.45) is 2.23. The van der Waals surface area contributed by atoms with Gasteiger partial charge in [0, 0.05) is 11.1 Å². The molecule has 0 spiro atoms. The van der Waals surface area contributed by atoms with Crippen molar-refractivity contribution in [1.82, 2.24) is 5.32 Å². The fourth-order valence-electron chi connectivity index (χ4n) is 4.23. The number of nitrogens with one attached hydrogen (secondary N) is 1. The van der Waals surface area contributed by atoms with Crippen molar-refractivity contribution < 1.29 is 28.2 Å². The number of carbonyl (C=O) groups excluding carboxylic acids is 1. The van der Waals surface area contributed by atoms with Gasteiger partial charge in [-0.2, -0.15) is 11.8 Å². The zero-order valence-corrected chi connectivity index (χ0v) is 22.6. The molecule has 0 radical (unpaired) electrons. The number of ether oxygens (including phenoxy) is 1. The van der Waals surface area contributed by atoms with E-state index in [0.29, 0.717) is 40.4 Å². The average Bonchev–Trinajstić information content (AvgIpc) is 3.40. The molecule has 9 heteroatoms. The minimum absolute atomic E-state index is 0. The summed E-state index contributed by atoms with van der Waals surface area (Å²) >= 11 is 1.53. The Morgan fingerprint density at radius 3 is 2.52 bits per heavy atom. The van der Waals surface area contributed by atoms with Crippen LogP contribution in [0.5, 0.6) is 0 Å². The van der Waals surface area contributed by atoms with E-state index in [1.54, 1.807) is 36.4 Å². The predicted molar refractivity (Wildman–Crippen MR) is 158 cm³/mol. The van der Waals surface area contributed by atoms with E-state index in [-0.39, 0.29) is 37.9 Å². The Kier molecular flexibility index (Phi) is 11.7. The zero-order valence-electron chi connectivity index (χ0n) is 21.8. The van der Waals surface area contributed by atoms with Crippen LogP contribution in [0.15, 0.2) is 83.3 Å². The van der Waals surface area contributed by atoms with E-state index in [1.165, 1.54) is 23.9 Å². The second-order valence-electron chi connectivity index (χ2n) is 9.11. The third kappa shape index (κ3) is 8.12. The topological polar surface area (TPSA) is 88.8 Å². The monoisotopic (exact) mass is 555 g/mol. The molecule has 204 valence electrons. The Balaban J connectivity index is 0.00000441. The summed E-state index contributed by atoms with van der Waals surface area (Å²) in [6, 6.07) is 21.9. The second-order valence-corrected chi connectivity index (χ2v) is 10.1. The van der Waals surface area contributed by atoms with Crippen LogP contribution in [0.4, 0.5) is 4.39 Å². The molecule has 0 aliphatic heterocycles. The van der Waals surface area contributed by atoms with Gasteiger partial charge in [0.05, 0.1) is 6.61 Å². The standard InChI is InChI=1S/C31H30FNO5S.Li.H/c1-20-6-3-4-9-25(20)27-16-21(10-12-26(27)30(34)33-28(31(35)36)14-15-39-2)18-37-19-24-11-13-29(38-24)22-7-5-8-23(32)17-22;;/h3-13,16-17,28H,14-15,18-19H2,1-2H3,(H,33,34)(H,35,36);;. The summed E-state index contributed by atoms with van der Waals surface area (Å²) in [5, 5.41) is 12.3. The Bertz CT molecular complexity index is 1460. The third-order valence-electron chi connectivity index (χ3n) is 6.26. The van der Waals surface area contributed by atoms with Gasteiger partial charge in [0.2, 0.25) is 0 Å². The second kappa shape index (κ2) is 14.9. The van der Waals surface area contributed by atoms with Crippen LogP contribution in [0, 0.1) is 12.7 Å². The molecule has 4 aromatic rings. The number of rotatable bonds is 12. The number of hydrogen-bond acceptors (Lipinski definition) is 5. The van der Waals surface area contributed by atoms with Gasteiger partial charge in [0.1, 0.15) is 30.0 Å². The number of carboxylic acids is 1. The summed E-state index contributed by atoms with van der Waals surface area (Å²) < 4.78 is 25.2. The normalized spacial score (nSPS) is 11.5. The van der Waals surface area contributed by atoms with Gasteiger partial charge in [0.25, 0.3) is 5.91 Å². The summed E-state index contributed by atoms with van der Waals surface area (Å²) in [5.41, 5.74) is 4.46. The fraction of sp³-hybridized carbons (Fsp3) is 0.226. The molecule has 3 aromatic carbocycles. The number of furan rings is 1.